The van der Waals surface area contributed by atoms with Crippen molar-refractivity contribution in [3.8, 4) is 0 Å². The number of nitrogens with one attached hydrogen (secondary N) is 1. The first-order chi connectivity index (χ1) is 13.0. The number of rotatable bonds is 4. The lowest BCUT2D eigenvalue weighted by Crippen LogP contribution is -2.24. The molecule has 1 fully saturated rings. The number of aromatic nitrogens is 3. The number of fused-ring (bicyclic) bond motifs is 1. The molecule has 2 amide bonds. The van der Waals surface area contributed by atoms with Gasteiger partial charge in [0.15, 0.2) is 5.65 Å². The van der Waals surface area contributed by atoms with Crippen molar-refractivity contribution in [3.05, 3.63) is 59.0 Å². The molecule has 138 valence electrons. The highest BCUT2D eigenvalue weighted by Crippen LogP contribution is 2.27. The van der Waals surface area contributed by atoms with E-state index in [1.54, 1.807) is 35.0 Å². The number of hydrogen-bond acceptors (Lipinski definition) is 4. The number of anilines is 1. The molecule has 1 aliphatic heterocycles. The number of nitrogens with zero attached hydrogens (tertiary/aromatic N) is 4. The van der Waals surface area contributed by atoms with Gasteiger partial charge in [0.05, 0.1) is 6.20 Å². The molecule has 3 heterocycles. The van der Waals surface area contributed by atoms with Crippen LogP contribution in [0.1, 0.15) is 35.3 Å². The van der Waals surface area contributed by atoms with Crippen molar-refractivity contribution < 1.29 is 9.59 Å². The zero-order chi connectivity index (χ0) is 19.0. The van der Waals surface area contributed by atoms with E-state index in [2.05, 4.69) is 15.4 Å². The summed E-state index contributed by atoms with van der Waals surface area (Å²) < 4.78 is 1.56. The van der Waals surface area contributed by atoms with Crippen LogP contribution in [0.5, 0.6) is 0 Å². The summed E-state index contributed by atoms with van der Waals surface area (Å²) >= 11 is 5.87. The van der Waals surface area contributed by atoms with Gasteiger partial charge in [0, 0.05) is 48.0 Å². The van der Waals surface area contributed by atoms with E-state index in [0.717, 1.165) is 5.69 Å². The molecule has 7 nitrogen and oxygen atoms in total. The zero-order valence-corrected chi connectivity index (χ0v) is 15.5. The Morgan fingerprint density at radius 1 is 1.30 bits per heavy atom. The van der Waals surface area contributed by atoms with Crippen LogP contribution in [-0.4, -0.2) is 44.4 Å². The van der Waals surface area contributed by atoms with Crippen LogP contribution in [0.15, 0.2) is 42.7 Å². The van der Waals surface area contributed by atoms with Gasteiger partial charge in [-0.1, -0.05) is 11.6 Å². The second kappa shape index (κ2) is 7.00. The molecule has 0 bridgehead atoms. The van der Waals surface area contributed by atoms with Crippen LogP contribution in [0.2, 0.25) is 5.02 Å². The fourth-order valence-corrected chi connectivity index (χ4v) is 3.40. The minimum atomic E-state index is -0.297. The Balaban J connectivity index is 1.61. The van der Waals surface area contributed by atoms with Crippen LogP contribution in [0.25, 0.3) is 5.65 Å². The highest BCUT2D eigenvalue weighted by Gasteiger charge is 2.30. The number of carbonyl (C=O) groups excluding carboxylic acids is 2. The maximum Gasteiger partial charge on any atom is 0.261 e. The topological polar surface area (TPSA) is 79.6 Å². The lowest BCUT2D eigenvalue weighted by Gasteiger charge is -2.13. The largest absolute Gasteiger partial charge is 0.342 e. The second-order valence-corrected chi connectivity index (χ2v) is 6.91. The lowest BCUT2D eigenvalue weighted by atomic mass is 10.0. The van der Waals surface area contributed by atoms with Crippen LogP contribution < -0.4 is 5.32 Å². The van der Waals surface area contributed by atoms with Crippen molar-refractivity contribution in [1.82, 2.24) is 19.5 Å². The van der Waals surface area contributed by atoms with Crippen molar-refractivity contribution in [2.24, 2.45) is 0 Å². The first kappa shape index (κ1) is 17.5. The van der Waals surface area contributed by atoms with Gasteiger partial charge in [-0.25, -0.2) is 9.50 Å². The summed E-state index contributed by atoms with van der Waals surface area (Å²) in [6.07, 6.45) is 3.71. The summed E-state index contributed by atoms with van der Waals surface area (Å²) in [5.74, 6) is -0.127. The molecule has 0 spiro atoms. The predicted molar refractivity (Wildman–Crippen MR) is 102 cm³/mol. The minimum absolute atomic E-state index is 0.0320. The molecule has 8 heteroatoms. The van der Waals surface area contributed by atoms with Gasteiger partial charge in [-0.2, -0.15) is 5.10 Å². The van der Waals surface area contributed by atoms with E-state index in [1.807, 2.05) is 17.9 Å². The van der Waals surface area contributed by atoms with E-state index in [1.165, 1.54) is 6.20 Å². The molecule has 2 aromatic heterocycles. The molecule has 4 rings (SSSR count). The molecular weight excluding hydrogens is 366 g/mol. The van der Waals surface area contributed by atoms with Crippen LogP contribution in [0.3, 0.4) is 0 Å². The number of carbonyl (C=O) groups is 2. The fourth-order valence-electron chi connectivity index (χ4n) is 3.28. The first-order valence-corrected chi connectivity index (χ1v) is 9.12. The van der Waals surface area contributed by atoms with E-state index in [-0.39, 0.29) is 17.7 Å². The summed E-state index contributed by atoms with van der Waals surface area (Å²) in [7, 11) is 0. The van der Waals surface area contributed by atoms with Crippen molar-refractivity contribution >= 4 is 34.7 Å². The van der Waals surface area contributed by atoms with Gasteiger partial charge >= 0.3 is 0 Å². The molecule has 1 saturated heterocycles. The SMILES string of the molecule is CCN1C[C@H](c2ccn3ncc(C(=O)Nc4ccc(Cl)cc4)c3n2)CC1=O. The van der Waals surface area contributed by atoms with Crippen LogP contribution in [0.4, 0.5) is 5.69 Å². The molecule has 27 heavy (non-hydrogen) atoms. The third-order valence-corrected chi connectivity index (χ3v) is 5.00. The first-order valence-electron chi connectivity index (χ1n) is 8.74. The second-order valence-electron chi connectivity index (χ2n) is 6.47. The Morgan fingerprint density at radius 2 is 2.07 bits per heavy atom. The molecular formula is C19H18ClN5O2. The Bertz CT molecular complexity index is 1010. The fraction of sp³-hybridized carbons (Fsp3) is 0.263. The predicted octanol–water partition coefficient (Wildman–Crippen LogP) is 2.97. The van der Waals surface area contributed by atoms with E-state index < -0.39 is 0 Å². The summed E-state index contributed by atoms with van der Waals surface area (Å²) in [6, 6.07) is 8.74. The van der Waals surface area contributed by atoms with Gasteiger partial charge < -0.3 is 10.2 Å². The summed E-state index contributed by atoms with van der Waals surface area (Å²) in [4.78, 5) is 31.1. The monoisotopic (exact) mass is 383 g/mol. The van der Waals surface area contributed by atoms with Gasteiger partial charge in [-0.3, -0.25) is 9.59 Å². The van der Waals surface area contributed by atoms with Crippen LogP contribution >= 0.6 is 11.6 Å². The number of halogens is 1. The quantitative estimate of drug-likeness (QED) is 0.751. The molecule has 1 aromatic carbocycles. The normalized spacial score (nSPS) is 16.9. The third-order valence-electron chi connectivity index (χ3n) is 4.75. The molecule has 3 aromatic rings. The van der Waals surface area contributed by atoms with E-state index >= 15 is 0 Å². The number of benzene rings is 1. The van der Waals surface area contributed by atoms with Gasteiger partial charge in [-0.15, -0.1) is 0 Å². The summed E-state index contributed by atoms with van der Waals surface area (Å²) in [5.41, 5.74) is 2.29. The van der Waals surface area contributed by atoms with Gasteiger partial charge in [0.1, 0.15) is 5.56 Å². The number of likely N-dealkylation sites (tertiary alicyclic amines) is 1. The van der Waals surface area contributed by atoms with Crippen molar-refractivity contribution in [2.45, 2.75) is 19.3 Å². The van der Waals surface area contributed by atoms with Crippen molar-refractivity contribution in [2.75, 3.05) is 18.4 Å². The van der Waals surface area contributed by atoms with E-state index in [9.17, 15) is 9.59 Å². The third kappa shape index (κ3) is 3.38. The standard InChI is InChI=1S/C19H18ClN5O2/c1-2-24-11-12(9-17(24)26)16-7-8-25-18(23-16)15(10-21-25)19(27)22-14-5-3-13(20)4-6-14/h3-8,10,12H,2,9,11H2,1H3,(H,22,27)/t12-/m1/s1. The molecule has 0 unspecified atom stereocenters. The van der Waals surface area contributed by atoms with Gasteiger partial charge in [0.2, 0.25) is 5.91 Å². The van der Waals surface area contributed by atoms with Gasteiger partial charge in [-0.05, 0) is 37.3 Å². The van der Waals surface area contributed by atoms with Crippen molar-refractivity contribution in [3.63, 3.8) is 0 Å². The summed E-state index contributed by atoms with van der Waals surface area (Å²) in [6.45, 7) is 3.31. The Kier molecular flexibility index (Phi) is 4.53. The number of hydrogen-bond donors (Lipinski definition) is 1. The van der Waals surface area contributed by atoms with Gasteiger partial charge in [0.25, 0.3) is 5.91 Å². The molecule has 0 saturated carbocycles. The Labute approximate surface area is 160 Å². The van der Waals surface area contributed by atoms with E-state index in [0.29, 0.717) is 41.4 Å². The highest BCUT2D eigenvalue weighted by molar-refractivity contribution is 6.30. The Morgan fingerprint density at radius 3 is 2.78 bits per heavy atom. The maximum absolute atomic E-state index is 12.7. The smallest absolute Gasteiger partial charge is 0.261 e. The zero-order valence-electron chi connectivity index (χ0n) is 14.7. The molecule has 0 aliphatic carbocycles. The van der Waals surface area contributed by atoms with Crippen molar-refractivity contribution in [1.29, 1.82) is 0 Å². The average Bonchev–Trinajstić information content (AvgIpc) is 3.26. The molecule has 0 radical (unpaired) electrons. The van der Waals surface area contributed by atoms with Crippen LogP contribution in [0, 0.1) is 0 Å². The average molecular weight is 384 g/mol. The molecule has 1 atom stereocenters. The Hall–Kier alpha value is -2.93. The number of likely N-dealkylation sites (N-methyl/N-ethyl adjacent to an activating group) is 1. The van der Waals surface area contributed by atoms with Crippen LogP contribution in [-0.2, 0) is 4.79 Å². The lowest BCUT2D eigenvalue weighted by molar-refractivity contribution is -0.127. The maximum atomic E-state index is 12.7. The minimum Gasteiger partial charge on any atom is -0.342 e. The summed E-state index contributed by atoms with van der Waals surface area (Å²) in [5, 5.41) is 7.63. The molecule has 1 aliphatic rings. The molecule has 1 N–H and O–H groups in total. The number of amides is 2. The highest BCUT2D eigenvalue weighted by atomic mass is 35.5. The van der Waals surface area contributed by atoms with E-state index in [4.69, 9.17) is 11.6 Å².